The molecule has 0 aliphatic rings. The average Bonchev–Trinajstić information content (AvgIpc) is 2.50. The van der Waals surface area contributed by atoms with Crippen LogP contribution in [0, 0.1) is 0 Å². The zero-order valence-corrected chi connectivity index (χ0v) is 15.9. The Kier molecular flexibility index (Phi) is 13.9. The smallest absolute Gasteiger partial charge is 0.191 e. The van der Waals surface area contributed by atoms with Crippen LogP contribution in [0.1, 0.15) is 12.8 Å². The van der Waals surface area contributed by atoms with E-state index >= 15 is 0 Å². The Hall–Kier alpha value is -0.630. The summed E-state index contributed by atoms with van der Waals surface area (Å²) >= 11 is 1.89. The van der Waals surface area contributed by atoms with Crippen LogP contribution in [-0.4, -0.2) is 44.7 Å². The molecule has 0 aliphatic heterocycles. The van der Waals surface area contributed by atoms with Crippen LogP contribution in [0.15, 0.2) is 35.3 Å². The highest BCUT2D eigenvalue weighted by Crippen LogP contribution is 2.07. The number of rotatable bonds is 9. The monoisotopic (exact) mass is 423 g/mol. The molecular formula is C15H26IN3OS. The zero-order valence-electron chi connectivity index (χ0n) is 12.8. The van der Waals surface area contributed by atoms with Crippen molar-refractivity contribution in [2.75, 3.05) is 38.8 Å². The summed E-state index contributed by atoms with van der Waals surface area (Å²) in [6, 6.07) is 9.83. The Labute approximate surface area is 149 Å². The summed E-state index contributed by atoms with van der Waals surface area (Å²) in [6.45, 7) is 2.32. The van der Waals surface area contributed by atoms with Crippen molar-refractivity contribution in [2.45, 2.75) is 12.8 Å². The molecule has 0 fully saturated rings. The Morgan fingerprint density at radius 2 is 1.86 bits per heavy atom. The molecule has 0 spiro atoms. The zero-order chi connectivity index (χ0) is 14.5. The average molecular weight is 423 g/mol. The van der Waals surface area contributed by atoms with E-state index in [1.807, 2.05) is 42.1 Å². The third-order valence-corrected chi connectivity index (χ3v) is 3.39. The summed E-state index contributed by atoms with van der Waals surface area (Å²) in [5, 5.41) is 6.54. The lowest BCUT2D eigenvalue weighted by Gasteiger charge is -2.12. The summed E-state index contributed by atoms with van der Waals surface area (Å²) in [7, 11) is 1.79. The topological polar surface area (TPSA) is 45.7 Å². The van der Waals surface area contributed by atoms with Gasteiger partial charge >= 0.3 is 0 Å². The summed E-state index contributed by atoms with van der Waals surface area (Å²) in [6.07, 6.45) is 4.55. The van der Waals surface area contributed by atoms with Crippen LogP contribution in [0.2, 0.25) is 0 Å². The second-order valence-electron chi connectivity index (χ2n) is 4.29. The van der Waals surface area contributed by atoms with Crippen LogP contribution < -0.4 is 15.4 Å². The predicted octanol–water partition coefficient (Wildman–Crippen LogP) is 2.99. The second-order valence-corrected chi connectivity index (χ2v) is 5.27. The highest BCUT2D eigenvalue weighted by molar-refractivity contribution is 14.0. The fourth-order valence-corrected chi connectivity index (χ4v) is 2.15. The minimum Gasteiger partial charge on any atom is -0.492 e. The van der Waals surface area contributed by atoms with Crippen LogP contribution in [0.3, 0.4) is 0 Å². The number of halogens is 1. The first-order chi connectivity index (χ1) is 9.86. The molecule has 0 radical (unpaired) electrons. The van der Waals surface area contributed by atoms with E-state index in [9.17, 15) is 0 Å². The van der Waals surface area contributed by atoms with Crippen LogP contribution in [0.25, 0.3) is 0 Å². The molecule has 0 heterocycles. The summed E-state index contributed by atoms with van der Waals surface area (Å²) < 4.78 is 5.61. The molecule has 0 saturated carbocycles. The van der Waals surface area contributed by atoms with Gasteiger partial charge in [-0.1, -0.05) is 18.2 Å². The van der Waals surface area contributed by atoms with E-state index in [2.05, 4.69) is 21.9 Å². The molecule has 0 saturated heterocycles. The van der Waals surface area contributed by atoms with Crippen LogP contribution in [0.5, 0.6) is 5.75 Å². The number of unbranched alkanes of at least 4 members (excludes halogenated alkanes) is 1. The SMILES string of the molecule is CN=C(NCCCCSC)NCCOc1ccccc1.I. The third-order valence-electron chi connectivity index (χ3n) is 2.70. The molecule has 1 aromatic rings. The van der Waals surface area contributed by atoms with Crippen molar-refractivity contribution in [3.8, 4) is 5.75 Å². The first kappa shape index (κ1) is 20.4. The molecule has 6 heteroatoms. The Balaban J connectivity index is 0.00000400. The van der Waals surface area contributed by atoms with Gasteiger partial charge in [-0.2, -0.15) is 11.8 Å². The number of hydrogen-bond acceptors (Lipinski definition) is 3. The number of thioether (sulfide) groups is 1. The maximum absolute atomic E-state index is 5.61. The summed E-state index contributed by atoms with van der Waals surface area (Å²) in [5.74, 6) is 2.96. The van der Waals surface area contributed by atoms with Crippen LogP contribution >= 0.6 is 35.7 Å². The normalized spacial score (nSPS) is 10.7. The number of benzene rings is 1. The van der Waals surface area contributed by atoms with E-state index in [-0.39, 0.29) is 24.0 Å². The fourth-order valence-electron chi connectivity index (χ4n) is 1.65. The standard InChI is InChI=1S/C15H25N3OS.HI/c1-16-15(17-10-6-7-13-20-2)18-11-12-19-14-8-4-3-5-9-14;/h3-5,8-9H,6-7,10-13H2,1-2H3,(H2,16,17,18);1H. The van der Waals surface area contributed by atoms with Gasteiger partial charge in [-0.05, 0) is 37.0 Å². The van der Waals surface area contributed by atoms with Crippen molar-refractivity contribution in [3.05, 3.63) is 30.3 Å². The molecule has 0 amide bonds. The molecule has 0 aromatic heterocycles. The van der Waals surface area contributed by atoms with E-state index in [0.29, 0.717) is 6.61 Å². The van der Waals surface area contributed by atoms with Crippen molar-refractivity contribution in [1.29, 1.82) is 0 Å². The van der Waals surface area contributed by atoms with E-state index in [0.717, 1.165) is 24.8 Å². The lowest BCUT2D eigenvalue weighted by atomic mass is 10.3. The lowest BCUT2D eigenvalue weighted by molar-refractivity contribution is 0.322. The summed E-state index contributed by atoms with van der Waals surface area (Å²) in [5.41, 5.74) is 0. The van der Waals surface area contributed by atoms with Crippen LogP contribution in [0.4, 0.5) is 0 Å². The Bertz CT molecular complexity index is 376. The minimum absolute atomic E-state index is 0. The van der Waals surface area contributed by atoms with Gasteiger partial charge in [-0.25, -0.2) is 0 Å². The van der Waals surface area contributed by atoms with Gasteiger partial charge in [0, 0.05) is 13.6 Å². The van der Waals surface area contributed by atoms with Crippen molar-refractivity contribution in [2.24, 2.45) is 4.99 Å². The molecule has 0 atom stereocenters. The third kappa shape index (κ3) is 10.7. The van der Waals surface area contributed by atoms with Gasteiger partial charge in [-0.3, -0.25) is 4.99 Å². The quantitative estimate of drug-likeness (QED) is 0.278. The summed E-state index contributed by atoms with van der Waals surface area (Å²) in [4.78, 5) is 4.18. The van der Waals surface area contributed by atoms with Crippen molar-refractivity contribution >= 4 is 41.7 Å². The van der Waals surface area contributed by atoms with Crippen molar-refractivity contribution in [1.82, 2.24) is 10.6 Å². The number of aliphatic imine (C=N–C) groups is 1. The van der Waals surface area contributed by atoms with Gasteiger partial charge in [0.2, 0.25) is 0 Å². The molecule has 0 aliphatic carbocycles. The second kappa shape index (κ2) is 14.3. The fraction of sp³-hybridized carbons (Fsp3) is 0.533. The lowest BCUT2D eigenvalue weighted by Crippen LogP contribution is -2.39. The van der Waals surface area contributed by atoms with Crippen molar-refractivity contribution < 1.29 is 4.74 Å². The molecule has 1 aromatic carbocycles. The van der Waals surface area contributed by atoms with Gasteiger partial charge in [0.15, 0.2) is 5.96 Å². The number of para-hydroxylation sites is 1. The first-order valence-corrected chi connectivity index (χ1v) is 8.37. The maximum atomic E-state index is 5.61. The predicted molar refractivity (Wildman–Crippen MR) is 104 cm³/mol. The van der Waals surface area contributed by atoms with E-state index in [4.69, 9.17) is 4.74 Å². The molecule has 120 valence electrons. The molecular weight excluding hydrogens is 397 g/mol. The molecule has 0 bridgehead atoms. The van der Waals surface area contributed by atoms with Gasteiger partial charge in [0.1, 0.15) is 12.4 Å². The largest absolute Gasteiger partial charge is 0.492 e. The van der Waals surface area contributed by atoms with Crippen LogP contribution in [-0.2, 0) is 0 Å². The number of hydrogen-bond donors (Lipinski definition) is 2. The highest BCUT2D eigenvalue weighted by atomic mass is 127. The van der Waals surface area contributed by atoms with Gasteiger partial charge < -0.3 is 15.4 Å². The number of ether oxygens (including phenoxy) is 1. The molecule has 0 unspecified atom stereocenters. The van der Waals surface area contributed by atoms with Gasteiger partial charge in [0.25, 0.3) is 0 Å². The number of guanidine groups is 1. The Morgan fingerprint density at radius 3 is 2.52 bits per heavy atom. The molecule has 1 rings (SSSR count). The number of nitrogens with one attached hydrogen (secondary N) is 2. The minimum atomic E-state index is 0. The maximum Gasteiger partial charge on any atom is 0.191 e. The highest BCUT2D eigenvalue weighted by Gasteiger charge is 1.97. The van der Waals surface area contributed by atoms with E-state index in [1.54, 1.807) is 7.05 Å². The van der Waals surface area contributed by atoms with E-state index < -0.39 is 0 Å². The number of nitrogens with zero attached hydrogens (tertiary/aromatic N) is 1. The van der Waals surface area contributed by atoms with Gasteiger partial charge in [-0.15, -0.1) is 24.0 Å². The van der Waals surface area contributed by atoms with Crippen molar-refractivity contribution in [3.63, 3.8) is 0 Å². The van der Waals surface area contributed by atoms with Gasteiger partial charge in [0.05, 0.1) is 6.54 Å². The van der Waals surface area contributed by atoms with E-state index in [1.165, 1.54) is 18.6 Å². The molecule has 4 nitrogen and oxygen atoms in total. The molecule has 21 heavy (non-hydrogen) atoms. The molecule has 2 N–H and O–H groups in total. The first-order valence-electron chi connectivity index (χ1n) is 6.98. The Morgan fingerprint density at radius 1 is 1.14 bits per heavy atom.